The highest BCUT2D eigenvalue weighted by Crippen LogP contribution is 2.20. The van der Waals surface area contributed by atoms with E-state index in [1.165, 1.54) is 0 Å². The quantitative estimate of drug-likeness (QED) is 0.835. The summed E-state index contributed by atoms with van der Waals surface area (Å²) in [5, 5.41) is 12.3. The number of carbonyl (C=O) groups is 1. The monoisotopic (exact) mass is 235 g/mol. The Morgan fingerprint density at radius 3 is 2.76 bits per heavy atom. The van der Waals surface area contributed by atoms with E-state index in [2.05, 4.69) is 5.32 Å². The van der Waals surface area contributed by atoms with Crippen LogP contribution in [0.2, 0.25) is 0 Å². The van der Waals surface area contributed by atoms with Crippen molar-refractivity contribution in [3.05, 3.63) is 29.8 Å². The molecule has 1 heterocycles. The maximum Gasteiger partial charge on any atom is 0.339 e. The number of hydrogen-bond acceptors (Lipinski definition) is 3. The highest BCUT2D eigenvalue weighted by molar-refractivity contribution is 5.90. The van der Waals surface area contributed by atoms with Gasteiger partial charge in [-0.15, -0.1) is 0 Å². The number of carboxylic acid groups (broad SMARTS) is 1. The lowest BCUT2D eigenvalue weighted by Gasteiger charge is -2.22. The summed E-state index contributed by atoms with van der Waals surface area (Å²) < 4.78 is 5.63. The minimum atomic E-state index is -0.939. The molecule has 1 fully saturated rings. The second-order valence-electron chi connectivity index (χ2n) is 4.31. The number of carboxylic acids is 1. The molecule has 1 aliphatic heterocycles. The van der Waals surface area contributed by atoms with Crippen molar-refractivity contribution in [1.29, 1.82) is 0 Å². The summed E-state index contributed by atoms with van der Waals surface area (Å²) in [5.74, 6) is 0.0579. The molecule has 17 heavy (non-hydrogen) atoms. The van der Waals surface area contributed by atoms with Gasteiger partial charge in [-0.1, -0.05) is 12.1 Å². The summed E-state index contributed by atoms with van der Waals surface area (Å²) in [5.41, 5.74) is 0.237. The summed E-state index contributed by atoms with van der Waals surface area (Å²) in [6.45, 7) is 2.65. The Bertz CT molecular complexity index is 386. The highest BCUT2D eigenvalue weighted by Gasteiger charge is 2.15. The van der Waals surface area contributed by atoms with Gasteiger partial charge in [-0.25, -0.2) is 4.79 Å². The van der Waals surface area contributed by atoms with Crippen LogP contribution in [0.5, 0.6) is 5.75 Å². The molecule has 0 saturated carbocycles. The first-order valence-corrected chi connectivity index (χ1v) is 5.93. The molecule has 4 heteroatoms. The molecule has 92 valence electrons. The van der Waals surface area contributed by atoms with Gasteiger partial charge < -0.3 is 15.2 Å². The second-order valence-corrected chi connectivity index (χ2v) is 4.31. The fourth-order valence-corrected chi connectivity index (χ4v) is 2.03. The van der Waals surface area contributed by atoms with Crippen molar-refractivity contribution in [2.45, 2.75) is 12.8 Å². The molecule has 2 rings (SSSR count). The van der Waals surface area contributed by atoms with Gasteiger partial charge in [0.25, 0.3) is 0 Å². The van der Waals surface area contributed by atoms with Gasteiger partial charge in [0.05, 0.1) is 6.61 Å². The lowest BCUT2D eigenvalue weighted by Crippen LogP contribution is -2.30. The Hall–Kier alpha value is -1.55. The standard InChI is InChI=1S/C13H17NO3/c15-13(16)11-3-1-2-4-12(11)17-9-10-5-7-14-8-6-10/h1-4,10,14H,5-9H2,(H,15,16). The maximum atomic E-state index is 11.0. The number of ether oxygens (including phenoxy) is 1. The number of piperidine rings is 1. The average Bonchev–Trinajstić information content (AvgIpc) is 2.38. The molecule has 0 aromatic heterocycles. The van der Waals surface area contributed by atoms with Crippen molar-refractivity contribution in [3.8, 4) is 5.75 Å². The molecule has 0 amide bonds. The van der Waals surface area contributed by atoms with Crippen molar-refractivity contribution < 1.29 is 14.6 Å². The van der Waals surface area contributed by atoms with E-state index in [0.29, 0.717) is 18.3 Å². The molecule has 0 aliphatic carbocycles. The molecule has 2 N–H and O–H groups in total. The number of benzene rings is 1. The van der Waals surface area contributed by atoms with Gasteiger partial charge in [0, 0.05) is 0 Å². The van der Waals surface area contributed by atoms with Crippen LogP contribution in [-0.4, -0.2) is 30.8 Å². The van der Waals surface area contributed by atoms with E-state index in [4.69, 9.17) is 9.84 Å². The van der Waals surface area contributed by atoms with Crippen molar-refractivity contribution in [2.24, 2.45) is 5.92 Å². The Morgan fingerprint density at radius 2 is 2.06 bits per heavy atom. The summed E-state index contributed by atoms with van der Waals surface area (Å²) in [6, 6.07) is 6.79. The van der Waals surface area contributed by atoms with E-state index in [9.17, 15) is 4.79 Å². The van der Waals surface area contributed by atoms with E-state index in [0.717, 1.165) is 25.9 Å². The molecule has 4 nitrogen and oxygen atoms in total. The molecule has 0 unspecified atom stereocenters. The predicted molar refractivity (Wildman–Crippen MR) is 64.5 cm³/mol. The van der Waals surface area contributed by atoms with Crippen LogP contribution in [-0.2, 0) is 0 Å². The van der Waals surface area contributed by atoms with Gasteiger partial charge in [-0.2, -0.15) is 0 Å². The average molecular weight is 235 g/mol. The fourth-order valence-electron chi connectivity index (χ4n) is 2.03. The second kappa shape index (κ2) is 5.68. The summed E-state index contributed by atoms with van der Waals surface area (Å²) in [6.07, 6.45) is 2.18. The van der Waals surface area contributed by atoms with Crippen LogP contribution in [0.25, 0.3) is 0 Å². The van der Waals surface area contributed by atoms with Gasteiger partial charge in [-0.3, -0.25) is 0 Å². The van der Waals surface area contributed by atoms with Crippen LogP contribution < -0.4 is 10.1 Å². The van der Waals surface area contributed by atoms with Gasteiger partial charge >= 0.3 is 5.97 Å². The molecule has 0 radical (unpaired) electrons. The van der Waals surface area contributed by atoms with Crippen LogP contribution in [0.1, 0.15) is 23.2 Å². The SMILES string of the molecule is O=C(O)c1ccccc1OCC1CCNCC1. The van der Waals surface area contributed by atoms with E-state index >= 15 is 0 Å². The van der Waals surface area contributed by atoms with Gasteiger partial charge in [0.1, 0.15) is 11.3 Å². The molecule has 0 bridgehead atoms. The third-order valence-corrected chi connectivity index (χ3v) is 3.05. The van der Waals surface area contributed by atoms with E-state index in [1.807, 2.05) is 0 Å². The molecule has 1 saturated heterocycles. The topological polar surface area (TPSA) is 58.6 Å². The Morgan fingerprint density at radius 1 is 1.35 bits per heavy atom. The summed E-state index contributed by atoms with van der Waals surface area (Å²) in [7, 11) is 0. The third-order valence-electron chi connectivity index (χ3n) is 3.05. The molecule has 1 aliphatic rings. The normalized spacial score (nSPS) is 16.7. The van der Waals surface area contributed by atoms with Crippen LogP contribution in [0.4, 0.5) is 0 Å². The zero-order valence-electron chi connectivity index (χ0n) is 9.69. The van der Waals surface area contributed by atoms with E-state index in [1.54, 1.807) is 24.3 Å². The Kier molecular flexibility index (Phi) is 3.98. The number of nitrogens with one attached hydrogen (secondary N) is 1. The number of aromatic carboxylic acids is 1. The first-order valence-electron chi connectivity index (χ1n) is 5.93. The van der Waals surface area contributed by atoms with Gasteiger partial charge in [-0.05, 0) is 44.0 Å². The minimum absolute atomic E-state index is 0.237. The minimum Gasteiger partial charge on any atom is -0.492 e. The Labute approximate surface area is 101 Å². The predicted octanol–water partition coefficient (Wildman–Crippen LogP) is 1.76. The van der Waals surface area contributed by atoms with Crippen LogP contribution in [0.15, 0.2) is 24.3 Å². The van der Waals surface area contributed by atoms with Crippen LogP contribution in [0, 0.1) is 5.92 Å². The van der Waals surface area contributed by atoms with Crippen molar-refractivity contribution in [1.82, 2.24) is 5.32 Å². The molecular weight excluding hydrogens is 218 g/mol. The molecule has 0 atom stereocenters. The maximum absolute atomic E-state index is 11.0. The van der Waals surface area contributed by atoms with Crippen molar-refractivity contribution >= 4 is 5.97 Å². The zero-order valence-corrected chi connectivity index (χ0v) is 9.69. The van der Waals surface area contributed by atoms with Gasteiger partial charge in [0.15, 0.2) is 0 Å². The first kappa shape index (κ1) is 11.9. The molecule has 1 aromatic rings. The van der Waals surface area contributed by atoms with Crippen LogP contribution >= 0.6 is 0 Å². The van der Waals surface area contributed by atoms with Crippen molar-refractivity contribution in [3.63, 3.8) is 0 Å². The van der Waals surface area contributed by atoms with Crippen molar-refractivity contribution in [2.75, 3.05) is 19.7 Å². The van der Waals surface area contributed by atoms with E-state index in [-0.39, 0.29) is 5.56 Å². The summed E-state index contributed by atoms with van der Waals surface area (Å²) >= 11 is 0. The first-order chi connectivity index (χ1) is 8.27. The van der Waals surface area contributed by atoms with Gasteiger partial charge in [0.2, 0.25) is 0 Å². The third kappa shape index (κ3) is 3.20. The van der Waals surface area contributed by atoms with Crippen LogP contribution in [0.3, 0.4) is 0 Å². The fraction of sp³-hybridized carbons (Fsp3) is 0.462. The number of para-hydroxylation sites is 1. The largest absolute Gasteiger partial charge is 0.492 e. The molecular formula is C13H17NO3. The highest BCUT2D eigenvalue weighted by atomic mass is 16.5. The molecule has 1 aromatic carbocycles. The van der Waals surface area contributed by atoms with E-state index < -0.39 is 5.97 Å². The number of hydrogen-bond donors (Lipinski definition) is 2. The Balaban J connectivity index is 1.96. The summed E-state index contributed by atoms with van der Waals surface area (Å²) in [4.78, 5) is 11.0. The molecule has 0 spiro atoms. The lowest BCUT2D eigenvalue weighted by molar-refractivity contribution is 0.0690. The zero-order chi connectivity index (χ0) is 12.1. The lowest BCUT2D eigenvalue weighted by atomic mass is 9.99. The number of rotatable bonds is 4. The smallest absolute Gasteiger partial charge is 0.339 e.